The van der Waals surface area contributed by atoms with Crippen molar-refractivity contribution in [3.05, 3.63) is 6.42 Å². The van der Waals surface area contributed by atoms with Gasteiger partial charge in [0.1, 0.15) is 0 Å². The summed E-state index contributed by atoms with van der Waals surface area (Å²) in [6.07, 6.45) is 7.88. The lowest BCUT2D eigenvalue weighted by Gasteiger charge is -2.26. The average Bonchev–Trinajstić information content (AvgIpc) is 2.02. The van der Waals surface area contributed by atoms with E-state index in [0.717, 1.165) is 13.0 Å². The van der Waals surface area contributed by atoms with Gasteiger partial charge in [0.15, 0.2) is 0 Å². The van der Waals surface area contributed by atoms with E-state index in [1.807, 2.05) is 0 Å². The molecule has 1 atom stereocenters. The Morgan fingerprint density at radius 3 is 2.58 bits per heavy atom. The van der Waals surface area contributed by atoms with Crippen molar-refractivity contribution in [3.8, 4) is 0 Å². The summed E-state index contributed by atoms with van der Waals surface area (Å²) in [5.41, 5.74) is 0.348. The highest BCUT2D eigenvalue weighted by Crippen LogP contribution is 2.24. The molecule has 12 heavy (non-hydrogen) atoms. The second-order valence-corrected chi connectivity index (χ2v) is 4.79. The van der Waals surface area contributed by atoms with Crippen molar-refractivity contribution < 1.29 is 4.74 Å². The van der Waals surface area contributed by atoms with Crippen molar-refractivity contribution in [1.82, 2.24) is 0 Å². The zero-order valence-electron chi connectivity index (χ0n) is 8.60. The third-order valence-electron chi connectivity index (χ3n) is 2.27. The van der Waals surface area contributed by atoms with Gasteiger partial charge in [0.25, 0.3) is 0 Å². The van der Waals surface area contributed by atoms with Gasteiger partial charge in [0.2, 0.25) is 0 Å². The van der Waals surface area contributed by atoms with Gasteiger partial charge in [-0.25, -0.2) is 0 Å². The topological polar surface area (TPSA) is 9.23 Å². The van der Waals surface area contributed by atoms with E-state index < -0.39 is 0 Å². The predicted molar refractivity (Wildman–Crippen MR) is 52.0 cm³/mol. The molecule has 1 aliphatic heterocycles. The third kappa shape index (κ3) is 4.10. The second kappa shape index (κ2) is 4.27. The molecule has 0 aliphatic carbocycles. The molecule has 1 rings (SSSR count). The van der Waals surface area contributed by atoms with Gasteiger partial charge in [-0.1, -0.05) is 20.8 Å². The van der Waals surface area contributed by atoms with E-state index in [-0.39, 0.29) is 0 Å². The molecule has 0 aromatic carbocycles. The monoisotopic (exact) mass is 169 g/mol. The van der Waals surface area contributed by atoms with Crippen molar-refractivity contribution in [2.75, 3.05) is 6.61 Å². The first kappa shape index (κ1) is 10.0. The molecule has 1 heterocycles. The van der Waals surface area contributed by atoms with Crippen LogP contribution in [-0.2, 0) is 4.74 Å². The third-order valence-corrected chi connectivity index (χ3v) is 2.27. The van der Waals surface area contributed by atoms with Gasteiger partial charge < -0.3 is 4.74 Å². The molecule has 1 nitrogen and oxygen atoms in total. The maximum atomic E-state index is 5.64. The lowest BCUT2D eigenvalue weighted by molar-refractivity contribution is 0.0137. The van der Waals surface area contributed by atoms with Crippen molar-refractivity contribution in [3.63, 3.8) is 0 Å². The van der Waals surface area contributed by atoms with Gasteiger partial charge in [0, 0.05) is 6.61 Å². The minimum atomic E-state index is 0.348. The zero-order valence-corrected chi connectivity index (χ0v) is 8.60. The molecule has 0 N–H and O–H groups in total. The van der Waals surface area contributed by atoms with E-state index in [2.05, 4.69) is 27.2 Å². The summed E-state index contributed by atoms with van der Waals surface area (Å²) in [5, 5.41) is 0. The Morgan fingerprint density at radius 1 is 1.33 bits per heavy atom. The number of ether oxygens (including phenoxy) is 1. The van der Waals surface area contributed by atoms with E-state index in [4.69, 9.17) is 4.74 Å². The molecular formula is C11H21O. The molecule has 0 saturated carbocycles. The Balaban J connectivity index is 2.13. The molecule has 1 unspecified atom stereocenters. The SMILES string of the molecule is CC(C)(C)[CH]CC1CCCCO1. The lowest BCUT2D eigenvalue weighted by atomic mass is 9.88. The van der Waals surface area contributed by atoms with Crippen LogP contribution in [0.2, 0.25) is 0 Å². The molecule has 0 amide bonds. The number of hydrogen-bond acceptors (Lipinski definition) is 1. The first-order valence-corrected chi connectivity index (χ1v) is 5.04. The summed E-state index contributed by atoms with van der Waals surface area (Å²) in [4.78, 5) is 0. The highest BCUT2D eigenvalue weighted by Gasteiger charge is 2.17. The van der Waals surface area contributed by atoms with Crippen molar-refractivity contribution in [1.29, 1.82) is 0 Å². The zero-order chi connectivity index (χ0) is 9.03. The van der Waals surface area contributed by atoms with Crippen molar-refractivity contribution in [2.24, 2.45) is 5.41 Å². The summed E-state index contributed by atoms with van der Waals surface area (Å²) >= 11 is 0. The van der Waals surface area contributed by atoms with Gasteiger partial charge in [-0.15, -0.1) is 0 Å². The minimum Gasteiger partial charge on any atom is -0.378 e. The van der Waals surface area contributed by atoms with E-state index in [9.17, 15) is 0 Å². The fourth-order valence-corrected chi connectivity index (χ4v) is 1.48. The van der Waals surface area contributed by atoms with Crippen LogP contribution < -0.4 is 0 Å². The number of rotatable bonds is 2. The summed E-state index contributed by atoms with van der Waals surface area (Å²) < 4.78 is 5.64. The maximum absolute atomic E-state index is 5.64. The van der Waals surface area contributed by atoms with Crippen LogP contribution >= 0.6 is 0 Å². The fraction of sp³-hybridized carbons (Fsp3) is 0.909. The molecule has 1 aliphatic rings. The van der Waals surface area contributed by atoms with Gasteiger partial charge >= 0.3 is 0 Å². The number of hydrogen-bond donors (Lipinski definition) is 0. The van der Waals surface area contributed by atoms with Crippen LogP contribution in [0.3, 0.4) is 0 Å². The van der Waals surface area contributed by atoms with Crippen molar-refractivity contribution >= 4 is 0 Å². The Kier molecular flexibility index (Phi) is 3.57. The van der Waals surface area contributed by atoms with Crippen LogP contribution in [-0.4, -0.2) is 12.7 Å². The highest BCUT2D eigenvalue weighted by molar-refractivity contribution is 4.84. The van der Waals surface area contributed by atoms with Crippen LogP contribution in [0.25, 0.3) is 0 Å². The molecule has 0 aromatic rings. The molecule has 0 spiro atoms. The highest BCUT2D eigenvalue weighted by atomic mass is 16.5. The Morgan fingerprint density at radius 2 is 2.08 bits per heavy atom. The Labute approximate surface area is 76.5 Å². The lowest BCUT2D eigenvalue weighted by Crippen LogP contribution is -2.21. The Hall–Kier alpha value is -0.0400. The molecule has 1 radical (unpaired) electrons. The smallest absolute Gasteiger partial charge is 0.0578 e. The summed E-state index contributed by atoms with van der Waals surface area (Å²) in [5.74, 6) is 0. The molecule has 71 valence electrons. The quantitative estimate of drug-likeness (QED) is 0.617. The van der Waals surface area contributed by atoms with Gasteiger partial charge in [-0.05, 0) is 37.5 Å². The van der Waals surface area contributed by atoms with E-state index in [1.54, 1.807) is 0 Å². The van der Waals surface area contributed by atoms with Gasteiger partial charge in [-0.2, -0.15) is 0 Å². The van der Waals surface area contributed by atoms with Crippen molar-refractivity contribution in [2.45, 2.75) is 52.6 Å². The molecule has 1 heteroatoms. The van der Waals surface area contributed by atoms with Crippen LogP contribution in [0.1, 0.15) is 46.5 Å². The van der Waals surface area contributed by atoms with E-state index >= 15 is 0 Å². The van der Waals surface area contributed by atoms with E-state index in [0.29, 0.717) is 11.5 Å². The molecular weight excluding hydrogens is 148 g/mol. The van der Waals surface area contributed by atoms with Crippen LogP contribution in [0.4, 0.5) is 0 Å². The second-order valence-electron chi connectivity index (χ2n) is 4.79. The molecule has 1 saturated heterocycles. The molecule has 1 fully saturated rings. The maximum Gasteiger partial charge on any atom is 0.0578 e. The predicted octanol–water partition coefficient (Wildman–Crippen LogP) is 3.20. The van der Waals surface area contributed by atoms with E-state index in [1.165, 1.54) is 19.3 Å². The van der Waals surface area contributed by atoms with Gasteiger partial charge in [-0.3, -0.25) is 0 Å². The largest absolute Gasteiger partial charge is 0.378 e. The molecule has 0 bridgehead atoms. The van der Waals surface area contributed by atoms with Crippen LogP contribution in [0.5, 0.6) is 0 Å². The fourth-order valence-electron chi connectivity index (χ4n) is 1.48. The average molecular weight is 169 g/mol. The minimum absolute atomic E-state index is 0.348. The molecule has 0 aromatic heterocycles. The normalized spacial score (nSPS) is 25.8. The first-order valence-electron chi connectivity index (χ1n) is 5.04. The summed E-state index contributed by atoms with van der Waals surface area (Å²) in [6.45, 7) is 7.71. The summed E-state index contributed by atoms with van der Waals surface area (Å²) in [6, 6.07) is 0. The van der Waals surface area contributed by atoms with Crippen LogP contribution in [0.15, 0.2) is 0 Å². The standard InChI is InChI=1S/C11H21O/c1-11(2,3)8-7-10-6-4-5-9-12-10/h8,10H,4-7,9H2,1-3H3. The van der Waals surface area contributed by atoms with Gasteiger partial charge in [0.05, 0.1) is 6.10 Å². The summed E-state index contributed by atoms with van der Waals surface area (Å²) in [7, 11) is 0. The Bertz CT molecular complexity index is 117. The van der Waals surface area contributed by atoms with Crippen LogP contribution in [0, 0.1) is 11.8 Å². The first-order chi connectivity index (χ1) is 5.58.